The van der Waals surface area contributed by atoms with Crippen LogP contribution in [0.25, 0.3) is 0 Å². The van der Waals surface area contributed by atoms with Crippen LogP contribution < -0.4 is 16.4 Å². The fraction of sp³-hybridized carbons (Fsp3) is 0.286. The molecule has 1 amide bonds. The van der Waals surface area contributed by atoms with Gasteiger partial charge in [0.2, 0.25) is 0 Å². The van der Waals surface area contributed by atoms with E-state index >= 15 is 0 Å². The molecule has 0 aliphatic heterocycles. The molecule has 3 rings (SSSR count). The first-order valence-electron chi connectivity index (χ1n) is 6.63. The van der Waals surface area contributed by atoms with Crippen LogP contribution in [-0.2, 0) is 0 Å². The van der Waals surface area contributed by atoms with Gasteiger partial charge in [0.1, 0.15) is 16.5 Å². The molecule has 2 aromatic rings. The van der Waals surface area contributed by atoms with Crippen molar-refractivity contribution in [2.45, 2.75) is 25.8 Å². The largest absolute Gasteiger partial charge is 0.382 e. The summed E-state index contributed by atoms with van der Waals surface area (Å²) < 4.78 is 13.2. The predicted molar refractivity (Wildman–Crippen MR) is 82.3 cm³/mol. The van der Waals surface area contributed by atoms with Gasteiger partial charge in [-0.3, -0.25) is 4.79 Å². The quantitative estimate of drug-likeness (QED) is 0.811. The number of nitrogens with zero attached hydrogens (tertiary/aromatic N) is 1. The molecular formula is C14H15FN4OS. The lowest BCUT2D eigenvalue weighted by Gasteiger charge is -2.07. The van der Waals surface area contributed by atoms with Gasteiger partial charge < -0.3 is 16.4 Å². The zero-order valence-corrected chi connectivity index (χ0v) is 12.3. The normalized spacial score (nSPS) is 14.0. The zero-order valence-electron chi connectivity index (χ0n) is 11.4. The Kier molecular flexibility index (Phi) is 3.50. The van der Waals surface area contributed by atoms with E-state index < -0.39 is 5.82 Å². The number of aromatic nitrogens is 1. The van der Waals surface area contributed by atoms with Crippen molar-refractivity contribution in [2.24, 2.45) is 0 Å². The van der Waals surface area contributed by atoms with Gasteiger partial charge in [-0.1, -0.05) is 17.4 Å². The van der Waals surface area contributed by atoms with Crippen molar-refractivity contribution in [3.8, 4) is 0 Å². The summed E-state index contributed by atoms with van der Waals surface area (Å²) in [5.41, 5.74) is 7.00. The number of rotatable bonds is 4. The Balaban J connectivity index is 1.78. The molecule has 0 bridgehead atoms. The van der Waals surface area contributed by atoms with Crippen LogP contribution in [0, 0.1) is 12.7 Å². The number of halogens is 1. The molecule has 1 aliphatic carbocycles. The number of amides is 1. The van der Waals surface area contributed by atoms with E-state index in [0.717, 1.165) is 18.4 Å². The van der Waals surface area contributed by atoms with Gasteiger partial charge in [-0.15, -0.1) is 0 Å². The van der Waals surface area contributed by atoms with Gasteiger partial charge >= 0.3 is 0 Å². The highest BCUT2D eigenvalue weighted by atomic mass is 32.1. The summed E-state index contributed by atoms with van der Waals surface area (Å²) in [7, 11) is 0. The molecule has 0 unspecified atom stereocenters. The number of carbonyl (C=O) groups is 1. The third-order valence-corrected chi connectivity index (χ3v) is 4.21. The minimum Gasteiger partial charge on any atom is -0.382 e. The standard InChI is InChI=1S/C14H15FN4OS/c1-7-2-3-8(15)6-10(7)18-13(20)11-12(16)19-14(21-11)17-9-4-5-9/h2-3,6,9H,4-5,16H2,1H3,(H,17,19)(H,18,20). The van der Waals surface area contributed by atoms with Gasteiger partial charge in [-0.2, -0.15) is 0 Å². The van der Waals surface area contributed by atoms with Crippen LogP contribution in [0.2, 0.25) is 0 Å². The van der Waals surface area contributed by atoms with Crippen LogP contribution in [0.4, 0.5) is 21.0 Å². The number of thiazole rings is 1. The molecular weight excluding hydrogens is 291 g/mol. The lowest BCUT2D eigenvalue weighted by Crippen LogP contribution is -2.13. The first kappa shape index (κ1) is 13.8. The molecule has 110 valence electrons. The number of aryl methyl sites for hydroxylation is 1. The lowest BCUT2D eigenvalue weighted by molar-refractivity contribution is 0.103. The van der Waals surface area contributed by atoms with E-state index in [0.29, 0.717) is 21.7 Å². The van der Waals surface area contributed by atoms with E-state index in [-0.39, 0.29) is 11.7 Å². The fourth-order valence-electron chi connectivity index (χ4n) is 1.87. The van der Waals surface area contributed by atoms with Crippen LogP contribution in [0.3, 0.4) is 0 Å². The van der Waals surface area contributed by atoms with Crippen LogP contribution in [0.5, 0.6) is 0 Å². The molecule has 5 nitrogen and oxygen atoms in total. The van der Waals surface area contributed by atoms with Crippen LogP contribution in [-0.4, -0.2) is 16.9 Å². The summed E-state index contributed by atoms with van der Waals surface area (Å²) in [6.07, 6.45) is 2.23. The van der Waals surface area contributed by atoms with Gasteiger partial charge in [0, 0.05) is 11.7 Å². The van der Waals surface area contributed by atoms with Gasteiger partial charge in [0.15, 0.2) is 5.13 Å². The van der Waals surface area contributed by atoms with Crippen molar-refractivity contribution < 1.29 is 9.18 Å². The van der Waals surface area contributed by atoms with E-state index in [2.05, 4.69) is 15.6 Å². The second-order valence-electron chi connectivity index (χ2n) is 5.07. The molecule has 1 saturated carbocycles. The average Bonchev–Trinajstić information content (AvgIpc) is 3.16. The first-order valence-corrected chi connectivity index (χ1v) is 7.45. The maximum Gasteiger partial charge on any atom is 0.269 e. The molecule has 1 heterocycles. The molecule has 0 saturated heterocycles. The number of nitrogens with one attached hydrogen (secondary N) is 2. The fourth-order valence-corrected chi connectivity index (χ4v) is 2.72. The summed E-state index contributed by atoms with van der Waals surface area (Å²) >= 11 is 1.21. The highest BCUT2D eigenvalue weighted by molar-refractivity contribution is 7.18. The molecule has 21 heavy (non-hydrogen) atoms. The number of nitrogen functional groups attached to an aromatic ring is 1. The van der Waals surface area contributed by atoms with Crippen molar-refractivity contribution in [1.29, 1.82) is 0 Å². The Hall–Kier alpha value is -2.15. The maximum atomic E-state index is 13.2. The van der Waals surface area contributed by atoms with Crippen LogP contribution >= 0.6 is 11.3 Å². The molecule has 1 aromatic carbocycles. The minimum atomic E-state index is -0.399. The van der Waals surface area contributed by atoms with Crippen LogP contribution in [0.15, 0.2) is 18.2 Å². The molecule has 4 N–H and O–H groups in total. The number of nitrogens with two attached hydrogens (primary N) is 1. The average molecular weight is 306 g/mol. The minimum absolute atomic E-state index is 0.190. The molecule has 0 spiro atoms. The van der Waals surface area contributed by atoms with E-state index in [1.807, 2.05) is 0 Å². The molecule has 1 fully saturated rings. The third-order valence-electron chi connectivity index (χ3n) is 3.21. The first-order chi connectivity index (χ1) is 10.0. The van der Waals surface area contributed by atoms with Crippen molar-refractivity contribution in [2.75, 3.05) is 16.4 Å². The van der Waals surface area contributed by atoms with Crippen LogP contribution in [0.1, 0.15) is 28.1 Å². The Morgan fingerprint density at radius 2 is 2.24 bits per heavy atom. The van der Waals surface area contributed by atoms with Gasteiger partial charge in [0.25, 0.3) is 5.91 Å². The van der Waals surface area contributed by atoms with Crippen molar-refractivity contribution in [3.63, 3.8) is 0 Å². The Morgan fingerprint density at radius 3 is 2.95 bits per heavy atom. The molecule has 1 aromatic heterocycles. The Labute approximate surface area is 125 Å². The third kappa shape index (κ3) is 3.13. The highest BCUT2D eigenvalue weighted by Crippen LogP contribution is 2.31. The molecule has 0 atom stereocenters. The summed E-state index contributed by atoms with van der Waals surface area (Å²) in [6.45, 7) is 1.80. The second-order valence-corrected chi connectivity index (χ2v) is 6.06. The number of hydrogen-bond acceptors (Lipinski definition) is 5. The van der Waals surface area contributed by atoms with E-state index in [1.54, 1.807) is 13.0 Å². The zero-order chi connectivity index (χ0) is 15.0. The number of benzene rings is 1. The van der Waals surface area contributed by atoms with Crippen molar-refractivity contribution in [1.82, 2.24) is 4.98 Å². The Bertz CT molecular complexity index is 696. The van der Waals surface area contributed by atoms with Gasteiger partial charge in [0.05, 0.1) is 0 Å². The summed E-state index contributed by atoms with van der Waals surface area (Å²) in [4.78, 5) is 16.7. The summed E-state index contributed by atoms with van der Waals surface area (Å²) in [6, 6.07) is 4.69. The Morgan fingerprint density at radius 1 is 1.48 bits per heavy atom. The summed E-state index contributed by atoms with van der Waals surface area (Å²) in [5.74, 6) is -0.582. The van der Waals surface area contributed by atoms with Crippen molar-refractivity contribution >= 4 is 33.9 Å². The molecule has 1 aliphatic rings. The SMILES string of the molecule is Cc1ccc(F)cc1NC(=O)c1sc(NC2CC2)nc1N. The van der Waals surface area contributed by atoms with Gasteiger partial charge in [-0.05, 0) is 37.5 Å². The van der Waals surface area contributed by atoms with E-state index in [4.69, 9.17) is 5.73 Å². The van der Waals surface area contributed by atoms with Crippen molar-refractivity contribution in [3.05, 3.63) is 34.5 Å². The topological polar surface area (TPSA) is 80.0 Å². The van der Waals surface area contributed by atoms with E-state index in [1.165, 1.54) is 23.5 Å². The highest BCUT2D eigenvalue weighted by Gasteiger charge is 2.24. The van der Waals surface area contributed by atoms with Gasteiger partial charge in [-0.25, -0.2) is 9.37 Å². The maximum absolute atomic E-state index is 13.2. The predicted octanol–water partition coefficient (Wildman–Crippen LogP) is 3.00. The molecule has 7 heteroatoms. The number of hydrogen-bond donors (Lipinski definition) is 3. The number of anilines is 3. The second kappa shape index (κ2) is 5.33. The summed E-state index contributed by atoms with van der Waals surface area (Å²) in [5, 5.41) is 6.53. The monoisotopic (exact) mass is 306 g/mol. The lowest BCUT2D eigenvalue weighted by atomic mass is 10.2. The van der Waals surface area contributed by atoms with E-state index in [9.17, 15) is 9.18 Å². The number of carbonyl (C=O) groups excluding carboxylic acids is 1. The molecule has 0 radical (unpaired) electrons. The smallest absolute Gasteiger partial charge is 0.269 e.